The number of halogens is 2. The predicted molar refractivity (Wildman–Crippen MR) is 87.8 cm³/mol. The first-order valence-corrected chi connectivity index (χ1v) is 6.24. The van der Waals surface area contributed by atoms with Crippen LogP contribution in [-0.2, 0) is 6.42 Å². The molecule has 0 aromatic carbocycles. The molecule has 0 amide bonds. The van der Waals surface area contributed by atoms with Crippen molar-refractivity contribution in [1.82, 2.24) is 10.3 Å². The van der Waals surface area contributed by atoms with E-state index in [0.717, 1.165) is 37.9 Å². The third-order valence-corrected chi connectivity index (χ3v) is 2.53. The number of pyridine rings is 1. The molecule has 4 nitrogen and oxygen atoms in total. The Balaban J connectivity index is 0.00000289. The molecule has 6 heteroatoms. The monoisotopic (exact) mass is 382 g/mol. The molecule has 0 aliphatic heterocycles. The highest BCUT2D eigenvalue weighted by Gasteiger charge is 1.95. The summed E-state index contributed by atoms with van der Waals surface area (Å²) < 4.78 is 0. The van der Waals surface area contributed by atoms with Gasteiger partial charge < -0.3 is 11.1 Å². The van der Waals surface area contributed by atoms with E-state index in [4.69, 9.17) is 17.3 Å². The standard InChI is InChI=1S/C12H19ClN4.HI/c1-2-3-7-15-12(14)16-8-6-10-4-5-11(13)17-9-10;/h4-5,9H,2-3,6-8H2,1H3,(H3,14,15,16);1H. The normalized spacial score (nSPS) is 10.9. The van der Waals surface area contributed by atoms with Gasteiger partial charge >= 0.3 is 0 Å². The fourth-order valence-electron chi connectivity index (χ4n) is 1.30. The second-order valence-corrected chi connectivity index (χ2v) is 4.17. The van der Waals surface area contributed by atoms with Gasteiger partial charge in [0.2, 0.25) is 0 Å². The molecule has 0 aliphatic rings. The maximum Gasteiger partial charge on any atom is 0.188 e. The summed E-state index contributed by atoms with van der Waals surface area (Å²) in [6, 6.07) is 3.75. The molecule has 0 spiro atoms. The number of hydrogen-bond donors (Lipinski definition) is 2. The molecule has 0 atom stereocenters. The first-order chi connectivity index (χ1) is 8.22. The van der Waals surface area contributed by atoms with Crippen molar-refractivity contribution in [3.8, 4) is 0 Å². The summed E-state index contributed by atoms with van der Waals surface area (Å²) in [5.41, 5.74) is 6.83. The van der Waals surface area contributed by atoms with Gasteiger partial charge in [-0.05, 0) is 24.5 Å². The van der Waals surface area contributed by atoms with Gasteiger partial charge in [-0.15, -0.1) is 24.0 Å². The van der Waals surface area contributed by atoms with Crippen LogP contribution in [0.15, 0.2) is 23.3 Å². The van der Waals surface area contributed by atoms with E-state index in [0.29, 0.717) is 11.1 Å². The Bertz CT molecular complexity index is 354. The average molecular weight is 383 g/mol. The first-order valence-electron chi connectivity index (χ1n) is 5.86. The van der Waals surface area contributed by atoms with Crippen molar-refractivity contribution in [3.05, 3.63) is 29.0 Å². The summed E-state index contributed by atoms with van der Waals surface area (Å²) in [4.78, 5) is 8.22. The molecule has 0 radical (unpaired) electrons. The molecular formula is C12H20ClIN4. The molecule has 1 aromatic rings. The van der Waals surface area contributed by atoms with E-state index in [1.54, 1.807) is 12.3 Å². The maximum atomic E-state index is 5.70. The highest BCUT2D eigenvalue weighted by Crippen LogP contribution is 2.05. The van der Waals surface area contributed by atoms with Crippen molar-refractivity contribution < 1.29 is 0 Å². The summed E-state index contributed by atoms with van der Waals surface area (Å²) >= 11 is 5.70. The number of nitrogens with two attached hydrogens (primary N) is 1. The summed E-state index contributed by atoms with van der Waals surface area (Å²) in [6.07, 6.45) is 4.83. The van der Waals surface area contributed by atoms with Crippen molar-refractivity contribution in [2.75, 3.05) is 13.1 Å². The molecule has 1 heterocycles. The van der Waals surface area contributed by atoms with E-state index in [9.17, 15) is 0 Å². The van der Waals surface area contributed by atoms with Crippen LogP contribution >= 0.6 is 35.6 Å². The Morgan fingerprint density at radius 3 is 2.89 bits per heavy atom. The third kappa shape index (κ3) is 7.71. The zero-order chi connectivity index (χ0) is 12.5. The van der Waals surface area contributed by atoms with Crippen molar-refractivity contribution in [3.63, 3.8) is 0 Å². The maximum absolute atomic E-state index is 5.70. The van der Waals surface area contributed by atoms with Gasteiger partial charge in [-0.1, -0.05) is 31.0 Å². The number of nitrogens with one attached hydrogen (secondary N) is 1. The van der Waals surface area contributed by atoms with E-state index in [1.807, 2.05) is 6.07 Å². The molecule has 102 valence electrons. The highest BCUT2D eigenvalue weighted by atomic mass is 127. The summed E-state index contributed by atoms with van der Waals surface area (Å²) in [5, 5.41) is 3.59. The molecule has 0 saturated carbocycles. The van der Waals surface area contributed by atoms with Crippen LogP contribution in [0.1, 0.15) is 25.3 Å². The topological polar surface area (TPSA) is 63.3 Å². The first kappa shape index (κ1) is 17.4. The summed E-state index contributed by atoms with van der Waals surface area (Å²) in [6.45, 7) is 3.68. The van der Waals surface area contributed by atoms with Crippen molar-refractivity contribution in [1.29, 1.82) is 0 Å². The van der Waals surface area contributed by atoms with E-state index in [2.05, 4.69) is 22.2 Å². The molecule has 0 saturated heterocycles. The van der Waals surface area contributed by atoms with E-state index < -0.39 is 0 Å². The Morgan fingerprint density at radius 2 is 2.28 bits per heavy atom. The second kappa shape index (κ2) is 10.4. The molecule has 0 aliphatic carbocycles. The lowest BCUT2D eigenvalue weighted by Crippen LogP contribution is -2.33. The fraction of sp³-hybridized carbons (Fsp3) is 0.500. The lowest BCUT2D eigenvalue weighted by molar-refractivity contribution is 0.790. The Labute approximate surface area is 130 Å². The third-order valence-electron chi connectivity index (χ3n) is 2.30. The van der Waals surface area contributed by atoms with Gasteiger partial charge in [-0.2, -0.15) is 0 Å². The lowest BCUT2D eigenvalue weighted by Gasteiger charge is -2.05. The second-order valence-electron chi connectivity index (χ2n) is 3.79. The Kier molecular flexibility index (Phi) is 10.0. The Morgan fingerprint density at radius 1 is 1.50 bits per heavy atom. The smallest absolute Gasteiger partial charge is 0.188 e. The minimum absolute atomic E-state index is 0. The largest absolute Gasteiger partial charge is 0.370 e. The molecule has 1 aromatic heterocycles. The van der Waals surface area contributed by atoms with E-state index in [1.165, 1.54) is 0 Å². The van der Waals surface area contributed by atoms with Crippen LogP contribution in [-0.4, -0.2) is 24.0 Å². The van der Waals surface area contributed by atoms with Crippen LogP contribution in [0.5, 0.6) is 0 Å². The molecule has 0 unspecified atom stereocenters. The van der Waals surface area contributed by atoms with Gasteiger partial charge in [-0.3, -0.25) is 4.99 Å². The van der Waals surface area contributed by atoms with Crippen LogP contribution in [0.4, 0.5) is 0 Å². The van der Waals surface area contributed by atoms with Crippen LogP contribution in [0, 0.1) is 0 Å². The number of rotatable bonds is 6. The minimum Gasteiger partial charge on any atom is -0.370 e. The zero-order valence-electron chi connectivity index (χ0n) is 10.5. The molecular weight excluding hydrogens is 363 g/mol. The number of hydrogen-bond acceptors (Lipinski definition) is 2. The molecule has 0 fully saturated rings. The highest BCUT2D eigenvalue weighted by molar-refractivity contribution is 14.0. The number of nitrogens with zero attached hydrogens (tertiary/aromatic N) is 2. The molecule has 3 N–H and O–H groups in total. The van der Waals surface area contributed by atoms with Crippen molar-refractivity contribution >= 4 is 41.5 Å². The molecule has 1 rings (SSSR count). The fourth-order valence-corrected chi connectivity index (χ4v) is 1.41. The van der Waals surface area contributed by atoms with Crippen LogP contribution in [0.25, 0.3) is 0 Å². The van der Waals surface area contributed by atoms with Gasteiger partial charge in [0.25, 0.3) is 0 Å². The Hall–Kier alpha value is -0.560. The van der Waals surface area contributed by atoms with Gasteiger partial charge in [0.15, 0.2) is 5.96 Å². The summed E-state index contributed by atoms with van der Waals surface area (Å²) in [5.74, 6) is 0.514. The van der Waals surface area contributed by atoms with Crippen LogP contribution < -0.4 is 11.1 Å². The number of aliphatic imine (C=N–C) groups is 1. The van der Waals surface area contributed by atoms with E-state index >= 15 is 0 Å². The zero-order valence-corrected chi connectivity index (χ0v) is 13.6. The van der Waals surface area contributed by atoms with Crippen molar-refractivity contribution in [2.45, 2.75) is 26.2 Å². The quantitative estimate of drug-likeness (QED) is 0.261. The average Bonchev–Trinajstić information content (AvgIpc) is 2.32. The van der Waals surface area contributed by atoms with Gasteiger partial charge in [0.05, 0.1) is 0 Å². The van der Waals surface area contributed by atoms with E-state index in [-0.39, 0.29) is 24.0 Å². The minimum atomic E-state index is 0. The van der Waals surface area contributed by atoms with Gasteiger partial charge in [0, 0.05) is 19.3 Å². The van der Waals surface area contributed by atoms with Gasteiger partial charge in [0.1, 0.15) is 5.15 Å². The van der Waals surface area contributed by atoms with Crippen LogP contribution in [0.3, 0.4) is 0 Å². The number of unbranched alkanes of at least 4 members (excludes halogenated alkanes) is 1. The van der Waals surface area contributed by atoms with Crippen molar-refractivity contribution in [2.24, 2.45) is 10.7 Å². The van der Waals surface area contributed by atoms with Gasteiger partial charge in [-0.25, -0.2) is 4.98 Å². The lowest BCUT2D eigenvalue weighted by atomic mass is 10.2. The van der Waals surface area contributed by atoms with Crippen LogP contribution in [0.2, 0.25) is 5.15 Å². The number of guanidine groups is 1. The molecule has 0 bridgehead atoms. The summed E-state index contributed by atoms with van der Waals surface area (Å²) in [7, 11) is 0. The molecule has 18 heavy (non-hydrogen) atoms. The number of aromatic nitrogens is 1. The SMILES string of the molecule is CCCCN=C(N)NCCc1ccc(Cl)nc1.I. The predicted octanol–water partition coefficient (Wildman–Crippen LogP) is 2.60.